The maximum atomic E-state index is 12.3. The molecule has 18 heavy (non-hydrogen) atoms. The lowest BCUT2D eigenvalue weighted by molar-refractivity contribution is 0.390. The van der Waals surface area contributed by atoms with E-state index < -0.39 is 5.69 Å². The van der Waals surface area contributed by atoms with E-state index in [1.54, 1.807) is 0 Å². The van der Waals surface area contributed by atoms with Crippen LogP contribution in [0.5, 0.6) is 0 Å². The third-order valence-electron chi connectivity index (χ3n) is 3.95. The highest BCUT2D eigenvalue weighted by molar-refractivity contribution is 6.30. The molecule has 1 fully saturated rings. The lowest BCUT2D eigenvalue weighted by Crippen LogP contribution is -2.39. The topological polar surface area (TPSA) is 54.9 Å². The Kier molecular flexibility index (Phi) is 3.41. The average molecular weight is 271 g/mol. The molecule has 1 aromatic heterocycles. The van der Waals surface area contributed by atoms with E-state index >= 15 is 0 Å². The largest absolute Gasteiger partial charge is 0.329 e. The molecule has 100 valence electrons. The van der Waals surface area contributed by atoms with Crippen LogP contribution in [0.15, 0.2) is 9.59 Å². The second kappa shape index (κ2) is 4.57. The van der Waals surface area contributed by atoms with Crippen LogP contribution in [0.1, 0.15) is 51.5 Å². The van der Waals surface area contributed by atoms with Crippen molar-refractivity contribution in [3.8, 4) is 0 Å². The Morgan fingerprint density at radius 2 is 2.00 bits per heavy atom. The first-order valence-corrected chi connectivity index (χ1v) is 6.80. The monoisotopic (exact) mass is 270 g/mol. The molecular weight excluding hydrogens is 252 g/mol. The van der Waals surface area contributed by atoms with E-state index in [0.717, 1.165) is 19.3 Å². The number of hydrogen-bond donors (Lipinski definition) is 1. The van der Waals surface area contributed by atoms with Gasteiger partial charge in [0.15, 0.2) is 0 Å². The highest BCUT2D eigenvalue weighted by Crippen LogP contribution is 2.49. The van der Waals surface area contributed by atoms with E-state index in [4.69, 9.17) is 11.6 Å². The molecule has 1 aliphatic carbocycles. The van der Waals surface area contributed by atoms with Crippen LogP contribution in [0.2, 0.25) is 5.15 Å². The molecule has 4 nitrogen and oxygen atoms in total. The Balaban J connectivity index is 2.51. The van der Waals surface area contributed by atoms with E-state index in [9.17, 15) is 9.59 Å². The van der Waals surface area contributed by atoms with Gasteiger partial charge in [0.25, 0.3) is 5.56 Å². The first-order valence-electron chi connectivity index (χ1n) is 6.43. The number of aromatic nitrogens is 2. The highest BCUT2D eigenvalue weighted by atomic mass is 35.5. The standard InChI is InChI=1S/C13H19ClN2O2/c1-4-13(5-6-13)7-16-11(17)9(8(2)3)10(14)15-12(16)18/h8H,4-7H2,1-3H3,(H,15,18). The predicted octanol–water partition coefficient (Wildman–Crippen LogP) is 2.50. The predicted molar refractivity (Wildman–Crippen MR) is 72.4 cm³/mol. The number of H-pyrrole nitrogens is 1. The summed E-state index contributed by atoms with van der Waals surface area (Å²) in [6.45, 7) is 6.41. The van der Waals surface area contributed by atoms with Crippen LogP contribution in [0.3, 0.4) is 0 Å². The van der Waals surface area contributed by atoms with Gasteiger partial charge in [-0.3, -0.25) is 14.3 Å². The van der Waals surface area contributed by atoms with Crippen molar-refractivity contribution in [3.05, 3.63) is 31.6 Å². The second-order valence-corrected chi connectivity index (χ2v) is 5.94. The van der Waals surface area contributed by atoms with Crippen molar-refractivity contribution in [3.63, 3.8) is 0 Å². The summed E-state index contributed by atoms with van der Waals surface area (Å²) in [5.41, 5.74) is 0.0228. The van der Waals surface area contributed by atoms with Gasteiger partial charge in [0.1, 0.15) is 5.15 Å². The quantitative estimate of drug-likeness (QED) is 0.855. The lowest BCUT2D eigenvalue weighted by Gasteiger charge is -2.16. The van der Waals surface area contributed by atoms with Crippen molar-refractivity contribution in [2.24, 2.45) is 5.41 Å². The van der Waals surface area contributed by atoms with Gasteiger partial charge in [0.2, 0.25) is 0 Å². The van der Waals surface area contributed by atoms with Gasteiger partial charge >= 0.3 is 5.69 Å². The summed E-state index contributed by atoms with van der Waals surface area (Å²) in [5.74, 6) is 0.00452. The fraction of sp³-hybridized carbons (Fsp3) is 0.692. The zero-order valence-electron chi connectivity index (χ0n) is 11.0. The maximum absolute atomic E-state index is 12.3. The molecule has 0 amide bonds. The molecule has 0 unspecified atom stereocenters. The number of aromatic amines is 1. The zero-order valence-corrected chi connectivity index (χ0v) is 11.8. The molecule has 5 heteroatoms. The minimum absolute atomic E-state index is 0.00452. The van der Waals surface area contributed by atoms with Crippen LogP contribution >= 0.6 is 11.6 Å². The normalized spacial score (nSPS) is 17.2. The Morgan fingerprint density at radius 3 is 2.44 bits per heavy atom. The van der Waals surface area contributed by atoms with Crippen LogP contribution in [0, 0.1) is 5.41 Å². The molecule has 1 aromatic rings. The van der Waals surface area contributed by atoms with E-state index in [0.29, 0.717) is 12.1 Å². The Hall–Kier alpha value is -1.03. The molecule has 1 aliphatic rings. The Bertz CT molecular complexity index is 567. The summed E-state index contributed by atoms with van der Waals surface area (Å²) in [6, 6.07) is 0. The van der Waals surface area contributed by atoms with Crippen LogP contribution in [0.4, 0.5) is 0 Å². The Labute approximate surface area is 111 Å². The number of nitrogens with one attached hydrogen (secondary N) is 1. The van der Waals surface area contributed by atoms with E-state index in [-0.39, 0.29) is 22.0 Å². The van der Waals surface area contributed by atoms with Crippen molar-refractivity contribution < 1.29 is 0 Å². The molecule has 1 N–H and O–H groups in total. The Morgan fingerprint density at radius 1 is 1.39 bits per heavy atom. The van der Waals surface area contributed by atoms with E-state index in [1.807, 2.05) is 13.8 Å². The molecule has 0 aromatic carbocycles. The molecular formula is C13H19ClN2O2. The summed E-state index contributed by atoms with van der Waals surface area (Å²) >= 11 is 5.95. The van der Waals surface area contributed by atoms with Crippen molar-refractivity contribution in [1.29, 1.82) is 0 Å². The fourth-order valence-corrected chi connectivity index (χ4v) is 2.72. The molecule has 0 aliphatic heterocycles. The molecule has 0 radical (unpaired) electrons. The number of nitrogens with zero attached hydrogens (tertiary/aromatic N) is 1. The number of rotatable bonds is 4. The molecule has 0 spiro atoms. The first-order chi connectivity index (χ1) is 8.40. The molecule has 0 atom stereocenters. The van der Waals surface area contributed by atoms with Gasteiger partial charge in [-0.15, -0.1) is 0 Å². The van der Waals surface area contributed by atoms with E-state index in [1.165, 1.54) is 4.57 Å². The molecule has 1 saturated carbocycles. The minimum Gasteiger partial charge on any atom is -0.297 e. The summed E-state index contributed by atoms with van der Waals surface area (Å²) in [4.78, 5) is 26.8. The van der Waals surface area contributed by atoms with Gasteiger partial charge in [0.05, 0.1) is 5.56 Å². The van der Waals surface area contributed by atoms with E-state index in [2.05, 4.69) is 11.9 Å². The minimum atomic E-state index is -0.394. The van der Waals surface area contributed by atoms with Gasteiger partial charge in [-0.05, 0) is 30.6 Å². The highest BCUT2D eigenvalue weighted by Gasteiger charge is 2.41. The van der Waals surface area contributed by atoms with Gasteiger partial charge in [-0.1, -0.05) is 32.4 Å². The average Bonchev–Trinajstić information content (AvgIpc) is 3.04. The maximum Gasteiger partial charge on any atom is 0.329 e. The van der Waals surface area contributed by atoms with Gasteiger partial charge < -0.3 is 0 Å². The summed E-state index contributed by atoms with van der Waals surface area (Å²) < 4.78 is 1.32. The second-order valence-electron chi connectivity index (χ2n) is 5.56. The smallest absolute Gasteiger partial charge is 0.297 e. The van der Waals surface area contributed by atoms with Crippen LogP contribution in [0.25, 0.3) is 0 Å². The van der Waals surface area contributed by atoms with Crippen molar-refractivity contribution in [2.45, 2.75) is 52.5 Å². The first kappa shape index (κ1) is 13.4. The fourth-order valence-electron chi connectivity index (χ4n) is 2.34. The van der Waals surface area contributed by atoms with Crippen LogP contribution in [-0.4, -0.2) is 9.55 Å². The summed E-state index contributed by atoms with van der Waals surface area (Å²) in [7, 11) is 0. The summed E-state index contributed by atoms with van der Waals surface area (Å²) in [5, 5.41) is 0.178. The summed E-state index contributed by atoms with van der Waals surface area (Å²) in [6.07, 6.45) is 3.18. The molecule has 1 heterocycles. The zero-order chi connectivity index (χ0) is 13.5. The third kappa shape index (κ3) is 2.26. The lowest BCUT2D eigenvalue weighted by atomic mass is 10.0. The van der Waals surface area contributed by atoms with Crippen LogP contribution < -0.4 is 11.2 Å². The molecule has 2 rings (SSSR count). The molecule has 0 bridgehead atoms. The van der Waals surface area contributed by atoms with Crippen molar-refractivity contribution >= 4 is 11.6 Å². The third-order valence-corrected chi connectivity index (χ3v) is 4.25. The van der Waals surface area contributed by atoms with Gasteiger partial charge in [0, 0.05) is 6.54 Å². The number of hydrogen-bond acceptors (Lipinski definition) is 2. The van der Waals surface area contributed by atoms with Crippen LogP contribution in [-0.2, 0) is 6.54 Å². The van der Waals surface area contributed by atoms with Gasteiger partial charge in [-0.2, -0.15) is 0 Å². The van der Waals surface area contributed by atoms with Crippen molar-refractivity contribution in [2.75, 3.05) is 0 Å². The van der Waals surface area contributed by atoms with Crippen molar-refractivity contribution in [1.82, 2.24) is 9.55 Å². The SMILES string of the molecule is CCC1(Cn2c(=O)[nH]c(Cl)c(C(C)C)c2=O)CC1. The number of halogens is 1. The molecule has 0 saturated heterocycles. The van der Waals surface area contributed by atoms with Gasteiger partial charge in [-0.25, -0.2) is 4.79 Å².